The molecule has 1 aromatic carbocycles. The van der Waals surface area contributed by atoms with E-state index in [0.717, 1.165) is 43.6 Å². The summed E-state index contributed by atoms with van der Waals surface area (Å²) in [6.45, 7) is 0. The maximum absolute atomic E-state index is 12.8. The lowest BCUT2D eigenvalue weighted by Gasteiger charge is -2.48. The molecule has 0 radical (unpaired) electrons. The van der Waals surface area contributed by atoms with E-state index in [1.54, 1.807) is 7.11 Å². The first-order valence-corrected chi connectivity index (χ1v) is 10.1. The number of benzene rings is 1. The zero-order valence-corrected chi connectivity index (χ0v) is 17.0. The van der Waals surface area contributed by atoms with Gasteiger partial charge in [-0.05, 0) is 69.1 Å². The minimum atomic E-state index is -4.35. The molecule has 0 bridgehead atoms. The highest BCUT2D eigenvalue weighted by Gasteiger charge is 2.47. The van der Waals surface area contributed by atoms with Crippen molar-refractivity contribution in [1.29, 1.82) is 0 Å². The predicted molar refractivity (Wildman–Crippen MR) is 109 cm³/mol. The van der Waals surface area contributed by atoms with Gasteiger partial charge >= 0.3 is 6.18 Å². The number of hydrogen-bond donors (Lipinski definition) is 3. The lowest BCUT2D eigenvalue weighted by Crippen LogP contribution is -2.65. The van der Waals surface area contributed by atoms with E-state index in [9.17, 15) is 13.2 Å². The van der Waals surface area contributed by atoms with Gasteiger partial charge in [-0.1, -0.05) is 6.08 Å². The predicted octanol–water partition coefficient (Wildman–Crippen LogP) is 3.83. The van der Waals surface area contributed by atoms with Crippen LogP contribution in [0, 0.1) is 5.92 Å². The van der Waals surface area contributed by atoms with Crippen LogP contribution in [0.3, 0.4) is 0 Å². The number of likely N-dealkylation sites (N-methyl/N-ethyl adjacent to an activating group) is 1. The Morgan fingerprint density at radius 2 is 1.87 bits per heavy atom. The summed E-state index contributed by atoms with van der Waals surface area (Å²) in [5, 5.41) is 8.54. The molecule has 30 heavy (non-hydrogen) atoms. The third kappa shape index (κ3) is 3.79. The molecule has 0 amide bonds. The molecule has 4 rings (SSSR count). The van der Waals surface area contributed by atoms with Gasteiger partial charge in [0.25, 0.3) is 0 Å². The van der Waals surface area contributed by atoms with E-state index < -0.39 is 17.4 Å². The Kier molecular flexibility index (Phi) is 5.50. The summed E-state index contributed by atoms with van der Waals surface area (Å²) >= 11 is 0. The van der Waals surface area contributed by atoms with E-state index in [1.165, 1.54) is 12.1 Å². The quantitative estimate of drug-likeness (QED) is 0.690. The molecule has 2 heterocycles. The second kappa shape index (κ2) is 7.96. The van der Waals surface area contributed by atoms with Crippen molar-refractivity contribution in [2.75, 3.05) is 19.5 Å². The van der Waals surface area contributed by atoms with E-state index in [1.807, 2.05) is 24.2 Å². The number of rotatable bonds is 4. The summed E-state index contributed by atoms with van der Waals surface area (Å²) in [6.07, 6.45) is 6.02. The van der Waals surface area contributed by atoms with Crippen molar-refractivity contribution >= 4 is 11.6 Å². The van der Waals surface area contributed by atoms with Crippen LogP contribution in [-0.2, 0) is 10.9 Å². The average molecular weight is 421 g/mol. The first-order valence-electron chi connectivity index (χ1n) is 10.1. The van der Waals surface area contributed by atoms with Gasteiger partial charge in [-0.3, -0.25) is 10.7 Å². The fourth-order valence-electron chi connectivity index (χ4n) is 4.49. The summed E-state index contributed by atoms with van der Waals surface area (Å²) in [5.74, 6) is 1.56. The second-order valence-electron chi connectivity index (χ2n) is 7.78. The number of alkyl halides is 3. The number of hydrazine groups is 1. The van der Waals surface area contributed by atoms with Crippen LogP contribution in [0.5, 0.6) is 0 Å². The van der Waals surface area contributed by atoms with Gasteiger partial charge in [0.15, 0.2) is 5.82 Å². The molecule has 1 aromatic rings. The molecule has 0 spiro atoms. The van der Waals surface area contributed by atoms with Crippen molar-refractivity contribution < 1.29 is 17.9 Å². The number of nitrogens with one attached hydrogen (secondary N) is 3. The third-order valence-corrected chi connectivity index (χ3v) is 6.14. The number of nitrogens with zero attached hydrogens (tertiary/aromatic N) is 2. The van der Waals surface area contributed by atoms with Gasteiger partial charge in [-0.2, -0.15) is 18.2 Å². The maximum Gasteiger partial charge on any atom is 0.416 e. The monoisotopic (exact) mass is 421 g/mol. The fraction of sp³-hybridized carbons (Fsp3) is 0.476. The lowest BCUT2D eigenvalue weighted by molar-refractivity contribution is -0.137. The largest absolute Gasteiger partial charge is 0.416 e. The average Bonchev–Trinajstić information content (AvgIpc) is 3.16. The number of fused-ring (bicyclic) bond motifs is 1. The van der Waals surface area contributed by atoms with Crippen LogP contribution in [0.1, 0.15) is 31.2 Å². The Morgan fingerprint density at radius 3 is 2.47 bits per heavy atom. The molecule has 0 saturated heterocycles. The highest BCUT2D eigenvalue weighted by molar-refractivity contribution is 5.95. The molecule has 1 atom stereocenters. The maximum atomic E-state index is 12.8. The number of anilines is 1. The summed E-state index contributed by atoms with van der Waals surface area (Å²) in [6, 6.07) is 4.90. The summed E-state index contributed by atoms with van der Waals surface area (Å²) in [4.78, 5) is 4.59. The molecule has 162 valence electrons. The van der Waals surface area contributed by atoms with Crippen LogP contribution in [0.4, 0.5) is 18.9 Å². The van der Waals surface area contributed by atoms with Crippen LogP contribution in [0.15, 0.2) is 53.3 Å². The van der Waals surface area contributed by atoms with Crippen molar-refractivity contribution in [3.05, 3.63) is 53.9 Å². The van der Waals surface area contributed by atoms with Crippen LogP contribution in [0.25, 0.3) is 0 Å². The zero-order valence-electron chi connectivity index (χ0n) is 17.0. The Bertz CT molecular complexity index is 856. The second-order valence-corrected chi connectivity index (χ2v) is 7.78. The number of aliphatic imine (C=N–C) groups is 1. The van der Waals surface area contributed by atoms with E-state index >= 15 is 0 Å². The summed E-state index contributed by atoms with van der Waals surface area (Å²) < 4.78 is 43.9. The van der Waals surface area contributed by atoms with Gasteiger partial charge in [0.1, 0.15) is 5.66 Å². The molecule has 3 N–H and O–H groups in total. The van der Waals surface area contributed by atoms with Gasteiger partial charge in [0.05, 0.1) is 11.7 Å². The van der Waals surface area contributed by atoms with Gasteiger partial charge < -0.3 is 10.1 Å². The van der Waals surface area contributed by atoms with E-state index in [-0.39, 0.29) is 0 Å². The van der Waals surface area contributed by atoms with Gasteiger partial charge in [-0.15, -0.1) is 0 Å². The van der Waals surface area contributed by atoms with E-state index in [4.69, 9.17) is 4.74 Å². The molecule has 3 aliphatic rings. The SMILES string of the molecule is CNC1(C2CCC(OC)CC2)C=CC=C2N=C(Nc3ccc(C(F)(F)F)cc3)NN21. The van der Waals surface area contributed by atoms with Gasteiger partial charge in [0, 0.05) is 18.7 Å². The smallest absolute Gasteiger partial charge is 0.381 e. The van der Waals surface area contributed by atoms with Crippen LogP contribution >= 0.6 is 0 Å². The Morgan fingerprint density at radius 1 is 1.17 bits per heavy atom. The molecular formula is C21H26F3N5O. The van der Waals surface area contributed by atoms with E-state index in [0.29, 0.717) is 23.7 Å². The molecule has 2 aliphatic heterocycles. The van der Waals surface area contributed by atoms with Crippen molar-refractivity contribution in [3.8, 4) is 0 Å². The third-order valence-electron chi connectivity index (χ3n) is 6.14. The molecule has 6 nitrogen and oxygen atoms in total. The van der Waals surface area contributed by atoms with Crippen molar-refractivity contribution in [2.45, 2.75) is 43.6 Å². The molecule has 1 aliphatic carbocycles. The standard InChI is InChI=1S/C21H26F3N5O/c1-25-20(14-7-11-17(30-2)12-8-14)13-3-4-18-27-19(28-29(18)20)26-16-9-5-15(6-10-16)21(22,23)24/h3-6,9-10,13-14,17,25H,7-8,11-12H2,1-2H3,(H2,26,27,28). The normalized spacial score (nSPS) is 28.5. The van der Waals surface area contributed by atoms with Gasteiger partial charge in [0.2, 0.25) is 5.96 Å². The number of guanidine groups is 1. The van der Waals surface area contributed by atoms with Crippen molar-refractivity contribution in [3.63, 3.8) is 0 Å². The van der Waals surface area contributed by atoms with Crippen LogP contribution < -0.4 is 16.1 Å². The Labute approximate surface area is 173 Å². The Hall–Kier alpha value is -2.52. The number of methoxy groups -OCH3 is 1. The van der Waals surface area contributed by atoms with Gasteiger partial charge in [-0.25, -0.2) is 5.01 Å². The highest BCUT2D eigenvalue weighted by Crippen LogP contribution is 2.40. The fourth-order valence-corrected chi connectivity index (χ4v) is 4.49. The first-order chi connectivity index (χ1) is 14.4. The number of ether oxygens (including phenoxy) is 1. The molecule has 1 saturated carbocycles. The number of allylic oxidation sites excluding steroid dienone is 2. The minimum Gasteiger partial charge on any atom is -0.381 e. The number of halogens is 3. The van der Waals surface area contributed by atoms with Crippen molar-refractivity contribution in [2.24, 2.45) is 10.9 Å². The Balaban J connectivity index is 1.49. The highest BCUT2D eigenvalue weighted by atomic mass is 19.4. The first kappa shape index (κ1) is 20.7. The lowest BCUT2D eigenvalue weighted by atomic mass is 9.77. The van der Waals surface area contributed by atoms with Crippen LogP contribution in [-0.4, -0.2) is 36.9 Å². The number of hydrogen-bond acceptors (Lipinski definition) is 6. The van der Waals surface area contributed by atoms with Crippen molar-refractivity contribution in [1.82, 2.24) is 15.8 Å². The zero-order chi connectivity index (χ0) is 21.4. The molecule has 1 unspecified atom stereocenters. The summed E-state index contributed by atoms with van der Waals surface area (Å²) in [5.41, 5.74) is 2.68. The minimum absolute atomic E-state index is 0.303. The molecule has 1 fully saturated rings. The molecule has 9 heteroatoms. The topological polar surface area (TPSA) is 60.9 Å². The molecular weight excluding hydrogens is 395 g/mol. The molecule has 0 aromatic heterocycles. The van der Waals surface area contributed by atoms with E-state index in [2.05, 4.69) is 27.1 Å². The summed E-state index contributed by atoms with van der Waals surface area (Å²) in [7, 11) is 3.69. The van der Waals surface area contributed by atoms with Crippen LogP contribution in [0.2, 0.25) is 0 Å².